The van der Waals surface area contributed by atoms with Crippen molar-refractivity contribution in [2.75, 3.05) is 38.7 Å². The molecular formula is C38H42ClF2N7O4. The largest absolute Gasteiger partial charge is 0.400 e. The molecule has 0 radical (unpaired) electrons. The summed E-state index contributed by atoms with van der Waals surface area (Å²) in [6.45, 7) is 8.13. The van der Waals surface area contributed by atoms with Crippen LogP contribution in [-0.4, -0.2) is 75.6 Å². The molecule has 0 spiro atoms. The number of likely N-dealkylation sites (tertiary alicyclic amines) is 1. The van der Waals surface area contributed by atoms with Gasteiger partial charge >= 0.3 is 5.69 Å². The van der Waals surface area contributed by atoms with Gasteiger partial charge in [-0.25, -0.2) is 18.6 Å². The number of allylic oxidation sites excluding steroid dienone is 4. The fourth-order valence-electron chi connectivity index (χ4n) is 5.98. The average molecular weight is 734 g/mol. The number of benzene rings is 3. The molecule has 2 saturated heterocycles. The lowest BCUT2D eigenvalue weighted by Gasteiger charge is -2.31. The molecular weight excluding hydrogens is 692 g/mol. The van der Waals surface area contributed by atoms with Crippen LogP contribution in [0.2, 0.25) is 5.02 Å². The van der Waals surface area contributed by atoms with E-state index in [1.807, 2.05) is 35.9 Å². The SMILES string of the molecule is C1COC1.C=N/C(=C\C=C/Cc1ccc(Cl)cc1F)C1CCN(Cc2nc3cc(C(=O)Nc4cc5[nH]c(=O)[nH]c5cc4F)ccc3n2C)CC1.CO. The minimum absolute atomic E-state index is 0.0352. The van der Waals surface area contributed by atoms with E-state index in [0.717, 1.165) is 69.4 Å². The monoisotopic (exact) mass is 733 g/mol. The fraction of sp³-hybridized carbons (Fsp3) is 0.316. The molecule has 274 valence electrons. The Labute approximate surface area is 304 Å². The van der Waals surface area contributed by atoms with Crippen LogP contribution in [0.3, 0.4) is 0 Å². The summed E-state index contributed by atoms with van der Waals surface area (Å²) >= 11 is 5.84. The molecule has 2 aromatic heterocycles. The molecule has 0 bridgehead atoms. The van der Waals surface area contributed by atoms with Crippen LogP contribution in [0.5, 0.6) is 0 Å². The lowest BCUT2D eigenvalue weighted by molar-refractivity contribution is 0.0367. The molecule has 2 aliphatic rings. The molecule has 11 nitrogen and oxygen atoms in total. The van der Waals surface area contributed by atoms with Gasteiger partial charge in [0.15, 0.2) is 0 Å². The number of aromatic amines is 2. The lowest BCUT2D eigenvalue weighted by atomic mass is 9.93. The molecule has 0 unspecified atom stereocenters. The molecule has 1 amide bonds. The van der Waals surface area contributed by atoms with E-state index in [-0.39, 0.29) is 17.4 Å². The zero-order valence-corrected chi connectivity index (χ0v) is 29.8. The Kier molecular flexibility index (Phi) is 13.3. The molecule has 7 rings (SSSR count). The predicted octanol–water partition coefficient (Wildman–Crippen LogP) is 6.54. The Morgan fingerprint density at radius 1 is 1.10 bits per heavy atom. The van der Waals surface area contributed by atoms with E-state index in [2.05, 4.69) is 31.9 Å². The maximum atomic E-state index is 14.6. The molecule has 2 fully saturated rings. The number of anilines is 1. The number of hydrogen-bond donors (Lipinski definition) is 4. The average Bonchev–Trinajstić information content (AvgIpc) is 3.62. The minimum Gasteiger partial charge on any atom is -0.400 e. The second kappa shape index (κ2) is 18.0. The van der Waals surface area contributed by atoms with Crippen LogP contribution in [0.4, 0.5) is 14.5 Å². The third kappa shape index (κ3) is 9.48. The number of aromatic nitrogens is 4. The summed E-state index contributed by atoms with van der Waals surface area (Å²) < 4.78 is 35.4. The molecule has 0 atom stereocenters. The summed E-state index contributed by atoms with van der Waals surface area (Å²) in [4.78, 5) is 41.0. The number of piperidine rings is 1. The molecule has 3 aromatic carbocycles. The Bertz CT molecular complexity index is 2140. The Morgan fingerprint density at radius 3 is 2.44 bits per heavy atom. The lowest BCUT2D eigenvalue weighted by Crippen LogP contribution is -2.34. The second-order valence-corrected chi connectivity index (χ2v) is 12.8. The van der Waals surface area contributed by atoms with Gasteiger partial charge < -0.3 is 29.7 Å². The van der Waals surface area contributed by atoms with Crippen molar-refractivity contribution in [1.29, 1.82) is 0 Å². The molecule has 2 aliphatic heterocycles. The van der Waals surface area contributed by atoms with Crippen LogP contribution < -0.4 is 11.0 Å². The number of hydrogen-bond acceptors (Lipinski definition) is 7. The first kappa shape index (κ1) is 38.3. The number of amides is 1. The van der Waals surface area contributed by atoms with Crippen molar-refractivity contribution >= 4 is 52.0 Å². The quantitative estimate of drug-likeness (QED) is 0.100. The minimum atomic E-state index is -0.658. The maximum Gasteiger partial charge on any atom is 0.323 e. The number of nitrogens with one attached hydrogen (secondary N) is 3. The van der Waals surface area contributed by atoms with E-state index < -0.39 is 17.4 Å². The smallest absolute Gasteiger partial charge is 0.323 e. The molecule has 5 aromatic rings. The van der Waals surface area contributed by atoms with Crippen molar-refractivity contribution in [3.05, 3.63) is 117 Å². The van der Waals surface area contributed by atoms with Crippen molar-refractivity contribution in [2.45, 2.75) is 32.2 Å². The summed E-state index contributed by atoms with van der Waals surface area (Å²) in [5.74, 6) is -0.321. The van der Waals surface area contributed by atoms with Gasteiger partial charge in [-0.3, -0.25) is 14.7 Å². The van der Waals surface area contributed by atoms with Crippen LogP contribution >= 0.6 is 11.6 Å². The van der Waals surface area contributed by atoms with Crippen LogP contribution in [0, 0.1) is 17.6 Å². The number of aliphatic imine (C=N–C) groups is 1. The number of ether oxygens (including phenoxy) is 1. The van der Waals surface area contributed by atoms with Crippen LogP contribution in [0.15, 0.2) is 82.2 Å². The van der Waals surface area contributed by atoms with Gasteiger partial charge in [-0.05, 0) is 93.5 Å². The molecule has 4 N–H and O–H groups in total. The highest BCUT2D eigenvalue weighted by molar-refractivity contribution is 6.30. The van der Waals surface area contributed by atoms with E-state index in [1.165, 1.54) is 18.6 Å². The summed E-state index contributed by atoms with van der Waals surface area (Å²) in [5.41, 5.74) is 3.60. The molecule has 14 heteroatoms. The van der Waals surface area contributed by atoms with Crippen molar-refractivity contribution < 1.29 is 23.4 Å². The van der Waals surface area contributed by atoms with E-state index in [9.17, 15) is 18.4 Å². The number of rotatable bonds is 9. The number of nitrogens with zero attached hydrogens (tertiary/aromatic N) is 4. The summed E-state index contributed by atoms with van der Waals surface area (Å²) in [5, 5.41) is 9.97. The fourth-order valence-corrected chi connectivity index (χ4v) is 6.14. The van der Waals surface area contributed by atoms with Crippen LogP contribution in [-0.2, 0) is 24.8 Å². The zero-order chi connectivity index (χ0) is 37.2. The second-order valence-electron chi connectivity index (χ2n) is 12.3. The molecule has 4 heterocycles. The number of imidazole rings is 2. The summed E-state index contributed by atoms with van der Waals surface area (Å²) in [7, 11) is 2.95. The van der Waals surface area contributed by atoms with Gasteiger partial charge in [-0.1, -0.05) is 29.8 Å². The Hall–Kier alpha value is -4.95. The normalized spacial score (nSPS) is 15.2. The third-order valence-electron chi connectivity index (χ3n) is 8.97. The van der Waals surface area contributed by atoms with Gasteiger partial charge in [0, 0.05) is 55.6 Å². The van der Waals surface area contributed by atoms with Crippen molar-refractivity contribution in [3.63, 3.8) is 0 Å². The van der Waals surface area contributed by atoms with E-state index in [0.29, 0.717) is 45.7 Å². The number of aliphatic hydroxyl groups excluding tert-OH is 1. The number of aliphatic hydroxyl groups is 1. The standard InChI is InChI=1S/C34H32ClF2N7O2.C3H6O.CH4O/c1-38-26(6-4-3-5-20-7-9-23(35)16-24(20)36)21-11-13-44(14-12-21)19-32-39-30-15-22(8-10-31(30)43(32)2)33(45)40-27-18-29-28(17-25(27)37)41-34(46)42-29;1-2-4-3-1;1-2/h3-4,6-10,15-18,21H,1,5,11-14,19H2,2H3,(H,40,45)(H2,41,42,46);1-3H2;2H,1H3/b4-3-,26-6-;;. The predicted molar refractivity (Wildman–Crippen MR) is 201 cm³/mol. The Morgan fingerprint density at radius 2 is 1.79 bits per heavy atom. The molecule has 0 saturated carbocycles. The Balaban J connectivity index is 0.000000803. The van der Waals surface area contributed by atoms with Gasteiger partial charge in [0.1, 0.15) is 17.5 Å². The number of carbonyl (C=O) groups is 1. The van der Waals surface area contributed by atoms with Crippen molar-refractivity contribution in [2.24, 2.45) is 18.0 Å². The first-order chi connectivity index (χ1) is 25.2. The number of H-pyrrole nitrogens is 2. The summed E-state index contributed by atoms with van der Waals surface area (Å²) in [6, 6.07) is 12.4. The first-order valence-electron chi connectivity index (χ1n) is 16.9. The number of fused-ring (bicyclic) bond motifs is 2. The summed E-state index contributed by atoms with van der Waals surface area (Å²) in [6.07, 6.45) is 9.32. The third-order valence-corrected chi connectivity index (χ3v) is 9.21. The molecule has 0 aliphatic carbocycles. The highest BCUT2D eigenvalue weighted by Gasteiger charge is 2.23. The van der Waals surface area contributed by atoms with E-state index >= 15 is 0 Å². The van der Waals surface area contributed by atoms with Crippen LogP contribution in [0.1, 0.15) is 41.0 Å². The first-order valence-corrected chi connectivity index (χ1v) is 17.3. The van der Waals surface area contributed by atoms with E-state index in [1.54, 1.807) is 24.3 Å². The van der Waals surface area contributed by atoms with Crippen molar-refractivity contribution in [3.8, 4) is 0 Å². The highest BCUT2D eigenvalue weighted by atomic mass is 35.5. The maximum absolute atomic E-state index is 14.6. The van der Waals surface area contributed by atoms with Gasteiger partial charge in [0.2, 0.25) is 0 Å². The van der Waals surface area contributed by atoms with Gasteiger partial charge in [-0.2, -0.15) is 0 Å². The highest BCUT2D eigenvalue weighted by Crippen LogP contribution is 2.28. The van der Waals surface area contributed by atoms with Gasteiger partial charge in [-0.15, -0.1) is 0 Å². The van der Waals surface area contributed by atoms with Crippen LogP contribution in [0.25, 0.3) is 22.1 Å². The van der Waals surface area contributed by atoms with Gasteiger partial charge in [0.25, 0.3) is 5.91 Å². The number of carbonyl (C=O) groups excluding carboxylic acids is 1. The van der Waals surface area contributed by atoms with E-state index in [4.69, 9.17) is 26.4 Å². The number of halogens is 3. The zero-order valence-electron chi connectivity index (χ0n) is 29.1. The van der Waals surface area contributed by atoms with Crippen molar-refractivity contribution in [1.82, 2.24) is 24.4 Å². The topological polar surface area (TPSA) is 141 Å². The number of aryl methyl sites for hydroxylation is 1. The van der Waals surface area contributed by atoms with Gasteiger partial charge in [0.05, 0.1) is 34.3 Å². The molecule has 52 heavy (non-hydrogen) atoms.